The third-order valence-corrected chi connectivity index (χ3v) is 3.63. The lowest BCUT2D eigenvalue weighted by atomic mass is 10.3. The number of halogens is 6. The van der Waals surface area contributed by atoms with Gasteiger partial charge in [0.05, 0.1) is 31.5 Å². The lowest BCUT2D eigenvalue weighted by Gasteiger charge is -2.08. The summed E-state index contributed by atoms with van der Waals surface area (Å²) in [6.07, 6.45) is -6.37. The number of nitrogens with zero attached hydrogens (tertiary/aromatic N) is 2. The van der Waals surface area contributed by atoms with Gasteiger partial charge in [-0.2, -0.15) is 26.3 Å². The molecule has 0 aliphatic rings. The van der Waals surface area contributed by atoms with E-state index in [4.69, 9.17) is 14.6 Å². The number of aromatic nitrogens is 2. The van der Waals surface area contributed by atoms with E-state index in [1.807, 2.05) is 0 Å². The molecule has 0 unspecified atom stereocenters. The monoisotopic (exact) mass is 544 g/mol. The SMILES string of the molecule is COC(=O)c1ccc(OCCOCC(F)(F)F)nc1.O=C(O)c1ccc(OCCOCC(F)(F)F)nc1. The number of rotatable bonds is 12. The molecule has 0 aromatic carbocycles. The van der Waals surface area contributed by atoms with Crippen molar-refractivity contribution in [2.24, 2.45) is 0 Å². The van der Waals surface area contributed by atoms with Gasteiger partial charge < -0.3 is 28.8 Å². The van der Waals surface area contributed by atoms with Gasteiger partial charge in [-0.25, -0.2) is 19.6 Å². The molecule has 0 aliphatic heterocycles. The highest BCUT2D eigenvalue weighted by molar-refractivity contribution is 5.88. The average molecular weight is 544 g/mol. The van der Waals surface area contributed by atoms with Crippen molar-refractivity contribution in [1.82, 2.24) is 9.97 Å². The normalized spacial score (nSPS) is 11.2. The fraction of sp³-hybridized carbons (Fsp3) is 0.429. The minimum Gasteiger partial charge on any atom is -0.478 e. The topological polar surface area (TPSA) is 126 Å². The molecule has 0 saturated carbocycles. The standard InChI is InChI=1S/C11H12F3NO4.C10H10F3NO4/c1-17-10(16)8-2-3-9(15-6-8)19-5-4-18-7-11(12,13)14;11-10(12,13)6-17-3-4-18-8-2-1-7(5-14-8)9(15)16/h2-3,6H,4-5,7H2,1H3;1-2,5H,3-4,6H2,(H,15,16). The Bertz CT molecular complexity index is 953. The van der Waals surface area contributed by atoms with Gasteiger partial charge in [-0.1, -0.05) is 0 Å². The Morgan fingerprint density at radius 1 is 0.757 bits per heavy atom. The van der Waals surface area contributed by atoms with Gasteiger partial charge >= 0.3 is 24.3 Å². The van der Waals surface area contributed by atoms with Crippen molar-refractivity contribution in [3.05, 3.63) is 47.8 Å². The Morgan fingerprint density at radius 3 is 1.51 bits per heavy atom. The third kappa shape index (κ3) is 15.1. The summed E-state index contributed by atoms with van der Waals surface area (Å²) in [5.74, 6) is -1.35. The van der Waals surface area contributed by atoms with Crippen molar-refractivity contribution in [2.45, 2.75) is 12.4 Å². The Hall–Kier alpha value is -3.66. The first-order valence-corrected chi connectivity index (χ1v) is 10.1. The van der Waals surface area contributed by atoms with Crippen LogP contribution in [0.5, 0.6) is 11.8 Å². The summed E-state index contributed by atoms with van der Waals surface area (Å²) in [4.78, 5) is 29.0. The molecule has 2 rings (SSSR count). The van der Waals surface area contributed by atoms with Crippen molar-refractivity contribution in [3.63, 3.8) is 0 Å². The molecule has 0 radical (unpaired) electrons. The number of pyridine rings is 2. The molecule has 10 nitrogen and oxygen atoms in total. The zero-order chi connectivity index (χ0) is 27.9. The Labute approximate surface area is 206 Å². The van der Waals surface area contributed by atoms with Crippen molar-refractivity contribution in [1.29, 1.82) is 0 Å². The fourth-order valence-corrected chi connectivity index (χ4v) is 2.08. The molecule has 2 heterocycles. The van der Waals surface area contributed by atoms with E-state index in [2.05, 4.69) is 24.2 Å². The summed E-state index contributed by atoms with van der Waals surface area (Å²) in [5, 5.41) is 8.59. The number of carboxylic acid groups (broad SMARTS) is 1. The average Bonchev–Trinajstić information content (AvgIpc) is 2.83. The van der Waals surface area contributed by atoms with Gasteiger partial charge in [-0.05, 0) is 12.1 Å². The maximum absolute atomic E-state index is 11.7. The molecule has 16 heteroatoms. The Balaban J connectivity index is 0.000000371. The van der Waals surface area contributed by atoms with Crippen LogP contribution in [0.3, 0.4) is 0 Å². The van der Waals surface area contributed by atoms with Crippen LogP contribution in [0.1, 0.15) is 20.7 Å². The second kappa shape index (κ2) is 15.5. The maximum atomic E-state index is 11.7. The van der Waals surface area contributed by atoms with Gasteiger partial charge in [-0.15, -0.1) is 0 Å². The number of carbonyl (C=O) groups excluding carboxylic acids is 1. The zero-order valence-electron chi connectivity index (χ0n) is 19.2. The molecule has 0 aliphatic carbocycles. The van der Waals surface area contributed by atoms with E-state index in [1.165, 1.54) is 37.6 Å². The number of hydrogen-bond donors (Lipinski definition) is 1. The van der Waals surface area contributed by atoms with Gasteiger partial charge in [0, 0.05) is 24.5 Å². The van der Waals surface area contributed by atoms with Gasteiger partial charge in [0.1, 0.15) is 26.4 Å². The van der Waals surface area contributed by atoms with Crippen LogP contribution >= 0.6 is 0 Å². The van der Waals surface area contributed by atoms with E-state index in [1.54, 1.807) is 0 Å². The van der Waals surface area contributed by atoms with E-state index in [0.29, 0.717) is 0 Å². The molecule has 0 bridgehead atoms. The van der Waals surface area contributed by atoms with Crippen LogP contribution in [0.2, 0.25) is 0 Å². The smallest absolute Gasteiger partial charge is 0.411 e. The summed E-state index contributed by atoms with van der Waals surface area (Å²) in [6, 6.07) is 5.44. The Morgan fingerprint density at radius 2 is 1.19 bits per heavy atom. The minimum absolute atomic E-state index is 0.00401. The largest absolute Gasteiger partial charge is 0.478 e. The van der Waals surface area contributed by atoms with Crippen molar-refractivity contribution >= 4 is 11.9 Å². The zero-order valence-corrected chi connectivity index (χ0v) is 19.2. The number of aromatic carboxylic acids is 1. The number of methoxy groups -OCH3 is 1. The minimum atomic E-state index is -4.36. The second-order valence-corrected chi connectivity index (χ2v) is 6.60. The van der Waals surface area contributed by atoms with E-state index in [-0.39, 0.29) is 49.3 Å². The molecular formula is C21H22F6N2O8. The molecule has 2 aromatic rings. The molecule has 206 valence electrons. The van der Waals surface area contributed by atoms with E-state index in [0.717, 1.165) is 6.20 Å². The van der Waals surface area contributed by atoms with Gasteiger partial charge in [-0.3, -0.25) is 0 Å². The molecule has 0 atom stereocenters. The predicted octanol–water partition coefficient (Wildman–Crippen LogP) is 3.56. The number of alkyl halides is 6. The van der Waals surface area contributed by atoms with Crippen LogP contribution in [-0.2, 0) is 14.2 Å². The Kier molecular flexibility index (Phi) is 13.1. The van der Waals surface area contributed by atoms with Crippen molar-refractivity contribution < 1.29 is 64.7 Å². The third-order valence-electron chi connectivity index (χ3n) is 3.63. The number of carbonyl (C=O) groups is 2. The van der Waals surface area contributed by atoms with Crippen LogP contribution in [0, 0.1) is 0 Å². The molecule has 1 N–H and O–H groups in total. The fourth-order valence-electron chi connectivity index (χ4n) is 2.08. The first-order chi connectivity index (χ1) is 17.3. The van der Waals surface area contributed by atoms with Crippen LogP contribution < -0.4 is 9.47 Å². The molecule has 0 amide bonds. The van der Waals surface area contributed by atoms with Crippen LogP contribution in [0.25, 0.3) is 0 Å². The van der Waals surface area contributed by atoms with Crippen LogP contribution in [-0.4, -0.2) is 86.1 Å². The van der Waals surface area contributed by atoms with Crippen molar-refractivity contribution in [2.75, 3.05) is 46.8 Å². The van der Waals surface area contributed by atoms with E-state index < -0.39 is 37.5 Å². The second-order valence-electron chi connectivity index (χ2n) is 6.60. The quantitative estimate of drug-likeness (QED) is 0.241. The summed E-state index contributed by atoms with van der Waals surface area (Å²) in [7, 11) is 1.24. The molecule has 2 aromatic heterocycles. The summed E-state index contributed by atoms with van der Waals surface area (Å²) in [5.41, 5.74) is 0.249. The molecule has 37 heavy (non-hydrogen) atoms. The molecular weight excluding hydrogens is 522 g/mol. The summed E-state index contributed by atoms with van der Waals surface area (Å²) in [6.45, 7) is -3.26. The summed E-state index contributed by atoms with van der Waals surface area (Å²) >= 11 is 0. The lowest BCUT2D eigenvalue weighted by Crippen LogP contribution is -2.19. The molecule has 0 saturated heterocycles. The van der Waals surface area contributed by atoms with Crippen LogP contribution in [0.4, 0.5) is 26.3 Å². The molecule has 0 spiro atoms. The first kappa shape index (κ1) is 31.4. The highest BCUT2D eigenvalue weighted by Crippen LogP contribution is 2.15. The number of hydrogen-bond acceptors (Lipinski definition) is 9. The number of esters is 1. The van der Waals surface area contributed by atoms with Crippen LogP contribution in [0.15, 0.2) is 36.7 Å². The molecule has 0 fully saturated rings. The lowest BCUT2D eigenvalue weighted by molar-refractivity contribution is -0.175. The number of ether oxygens (including phenoxy) is 5. The highest BCUT2D eigenvalue weighted by atomic mass is 19.4. The number of carboxylic acids is 1. The van der Waals surface area contributed by atoms with E-state index in [9.17, 15) is 35.9 Å². The van der Waals surface area contributed by atoms with E-state index >= 15 is 0 Å². The van der Waals surface area contributed by atoms with Gasteiger partial charge in [0.15, 0.2) is 0 Å². The van der Waals surface area contributed by atoms with Gasteiger partial charge in [0.2, 0.25) is 11.8 Å². The first-order valence-electron chi connectivity index (χ1n) is 10.1. The summed E-state index contributed by atoms with van der Waals surface area (Å²) < 4.78 is 93.4. The van der Waals surface area contributed by atoms with Gasteiger partial charge in [0.25, 0.3) is 0 Å². The highest BCUT2D eigenvalue weighted by Gasteiger charge is 2.27. The van der Waals surface area contributed by atoms with Crippen molar-refractivity contribution in [3.8, 4) is 11.8 Å². The maximum Gasteiger partial charge on any atom is 0.411 e. The predicted molar refractivity (Wildman–Crippen MR) is 112 cm³/mol.